The molecular formula is C37H48F3N3O5. The van der Waals surface area contributed by atoms with Gasteiger partial charge in [-0.2, -0.15) is 13.2 Å². The van der Waals surface area contributed by atoms with Gasteiger partial charge in [0.15, 0.2) is 0 Å². The Morgan fingerprint density at radius 2 is 1.58 bits per heavy atom. The van der Waals surface area contributed by atoms with Crippen molar-refractivity contribution in [1.29, 1.82) is 0 Å². The predicted octanol–water partition coefficient (Wildman–Crippen LogP) is 6.25. The molecule has 0 spiro atoms. The lowest BCUT2D eigenvalue weighted by Gasteiger charge is -2.35. The molecule has 48 heavy (non-hydrogen) atoms. The molecule has 3 heterocycles. The molecule has 0 bridgehead atoms. The second-order valence-electron chi connectivity index (χ2n) is 14.2. The molecule has 11 heteroatoms. The van der Waals surface area contributed by atoms with Crippen LogP contribution in [-0.4, -0.2) is 92.9 Å². The van der Waals surface area contributed by atoms with E-state index in [4.69, 9.17) is 9.47 Å². The Labute approximate surface area is 281 Å². The van der Waals surface area contributed by atoms with Crippen LogP contribution in [0.2, 0.25) is 0 Å². The van der Waals surface area contributed by atoms with E-state index in [0.29, 0.717) is 63.9 Å². The number of aliphatic carboxylic acids is 1. The number of alkyl halides is 3. The molecule has 2 aromatic carbocycles. The van der Waals surface area contributed by atoms with Crippen LogP contribution in [0, 0.1) is 17.8 Å². The molecule has 6 rings (SSSR count). The summed E-state index contributed by atoms with van der Waals surface area (Å²) in [5.74, 6) is -1.03. The standard InChI is InChI=1S/C37H48F3N3O5/c1-47-23-26-19-43(21-32(26)30-13-10-27(37(38,39)40)18-34(30)41-16-14-25(15-17-41)36(45)46)35(44)33-22-42(28-6-4-3-5-7-28)20-31(33)24-8-11-29(48-2)12-9-24/h8-13,18,25-26,28,31-33H,3-7,14-17,19-23H2,1-2H3,(H,45,46)/t26-,31+,32+,33-/m1/s1. The van der Waals surface area contributed by atoms with E-state index in [1.54, 1.807) is 20.3 Å². The molecule has 0 radical (unpaired) electrons. The summed E-state index contributed by atoms with van der Waals surface area (Å²) in [4.78, 5) is 32.6. The third kappa shape index (κ3) is 7.32. The van der Waals surface area contributed by atoms with Gasteiger partial charge < -0.3 is 24.4 Å². The summed E-state index contributed by atoms with van der Waals surface area (Å²) in [5, 5.41) is 9.52. The van der Waals surface area contributed by atoms with Gasteiger partial charge in [0.25, 0.3) is 0 Å². The average molecular weight is 672 g/mol. The second kappa shape index (κ2) is 14.7. The number of likely N-dealkylation sites (tertiary alicyclic amines) is 2. The van der Waals surface area contributed by atoms with Gasteiger partial charge in [0.05, 0.1) is 31.1 Å². The van der Waals surface area contributed by atoms with Gasteiger partial charge in [-0.15, -0.1) is 0 Å². The molecule has 262 valence electrons. The number of rotatable bonds is 9. The van der Waals surface area contributed by atoms with E-state index in [2.05, 4.69) is 17.0 Å². The minimum atomic E-state index is -4.51. The summed E-state index contributed by atoms with van der Waals surface area (Å²) in [6.07, 6.45) is 2.21. The van der Waals surface area contributed by atoms with E-state index in [1.807, 2.05) is 21.9 Å². The van der Waals surface area contributed by atoms with Crippen molar-refractivity contribution < 1.29 is 37.3 Å². The van der Waals surface area contributed by atoms with Crippen molar-refractivity contribution in [2.45, 2.75) is 69.0 Å². The minimum absolute atomic E-state index is 0.0300. The van der Waals surface area contributed by atoms with E-state index in [9.17, 15) is 27.9 Å². The summed E-state index contributed by atoms with van der Waals surface area (Å²) >= 11 is 0. The Bertz CT molecular complexity index is 1420. The van der Waals surface area contributed by atoms with E-state index in [-0.39, 0.29) is 29.6 Å². The van der Waals surface area contributed by atoms with Gasteiger partial charge in [-0.3, -0.25) is 14.5 Å². The highest BCUT2D eigenvalue weighted by Crippen LogP contribution is 2.44. The summed E-state index contributed by atoms with van der Waals surface area (Å²) in [7, 11) is 3.26. The van der Waals surface area contributed by atoms with Gasteiger partial charge in [-0.05, 0) is 61.1 Å². The minimum Gasteiger partial charge on any atom is -0.497 e. The van der Waals surface area contributed by atoms with Crippen LogP contribution in [0.4, 0.5) is 18.9 Å². The molecule has 4 fully saturated rings. The molecule has 4 atom stereocenters. The normalized spacial score (nSPS) is 26.3. The van der Waals surface area contributed by atoms with Crippen LogP contribution in [0.25, 0.3) is 0 Å². The fourth-order valence-corrected chi connectivity index (χ4v) is 8.71. The van der Waals surface area contributed by atoms with Crippen LogP contribution >= 0.6 is 0 Å². The first-order chi connectivity index (χ1) is 23.1. The molecule has 0 unspecified atom stereocenters. The maximum atomic E-state index is 14.6. The van der Waals surface area contributed by atoms with Gasteiger partial charge in [0.1, 0.15) is 5.75 Å². The SMILES string of the molecule is COC[C@H]1CN(C(=O)[C@@H]2CN(C3CCCCC3)C[C@H]2c2ccc(OC)cc2)C[C@@H]1c1ccc(C(F)(F)F)cc1N1CCC(C(=O)O)CC1. The quantitative estimate of drug-likeness (QED) is 0.338. The summed E-state index contributed by atoms with van der Waals surface area (Å²) in [6, 6.07) is 12.4. The highest BCUT2D eigenvalue weighted by atomic mass is 19.4. The number of nitrogens with zero attached hydrogens (tertiary/aromatic N) is 3. The van der Waals surface area contributed by atoms with Crippen molar-refractivity contribution in [3.8, 4) is 5.75 Å². The van der Waals surface area contributed by atoms with E-state index in [0.717, 1.165) is 42.3 Å². The highest BCUT2D eigenvalue weighted by Gasteiger charge is 2.46. The van der Waals surface area contributed by atoms with Crippen LogP contribution in [0.3, 0.4) is 0 Å². The number of halogens is 3. The number of carboxylic acids is 1. The fraction of sp³-hybridized carbons (Fsp3) is 0.622. The monoisotopic (exact) mass is 671 g/mol. The zero-order valence-electron chi connectivity index (χ0n) is 28.0. The first-order valence-electron chi connectivity index (χ1n) is 17.4. The van der Waals surface area contributed by atoms with Crippen molar-refractivity contribution in [3.05, 3.63) is 59.2 Å². The molecular weight excluding hydrogens is 623 g/mol. The summed E-state index contributed by atoms with van der Waals surface area (Å²) in [6.45, 7) is 3.47. The molecule has 1 saturated carbocycles. The third-order valence-corrected chi connectivity index (χ3v) is 11.4. The van der Waals surface area contributed by atoms with Crippen molar-refractivity contribution in [2.24, 2.45) is 17.8 Å². The maximum absolute atomic E-state index is 14.6. The molecule has 3 saturated heterocycles. The lowest BCUT2D eigenvalue weighted by Crippen LogP contribution is -2.39. The van der Waals surface area contributed by atoms with Crippen molar-refractivity contribution in [2.75, 3.05) is 65.0 Å². The Morgan fingerprint density at radius 3 is 2.21 bits per heavy atom. The number of hydrogen-bond acceptors (Lipinski definition) is 6. The second-order valence-corrected chi connectivity index (χ2v) is 14.2. The van der Waals surface area contributed by atoms with Gasteiger partial charge in [-0.1, -0.05) is 37.5 Å². The lowest BCUT2D eigenvalue weighted by atomic mass is 9.86. The first-order valence-corrected chi connectivity index (χ1v) is 17.4. The number of carbonyl (C=O) groups excluding carboxylic acids is 1. The van der Waals surface area contributed by atoms with E-state index in [1.165, 1.54) is 25.3 Å². The number of piperidine rings is 1. The number of carboxylic acid groups (broad SMARTS) is 1. The Kier molecular flexibility index (Phi) is 10.6. The van der Waals surface area contributed by atoms with Gasteiger partial charge in [0, 0.05) is 75.9 Å². The van der Waals surface area contributed by atoms with Crippen molar-refractivity contribution in [3.63, 3.8) is 0 Å². The molecule has 1 amide bonds. The van der Waals surface area contributed by atoms with Gasteiger partial charge in [-0.25, -0.2) is 0 Å². The number of ether oxygens (including phenoxy) is 2. The smallest absolute Gasteiger partial charge is 0.416 e. The predicted molar refractivity (Wildman–Crippen MR) is 176 cm³/mol. The average Bonchev–Trinajstić information content (AvgIpc) is 3.73. The highest BCUT2D eigenvalue weighted by molar-refractivity contribution is 5.81. The Hall–Kier alpha value is -3.31. The Morgan fingerprint density at radius 1 is 0.875 bits per heavy atom. The van der Waals surface area contributed by atoms with Gasteiger partial charge >= 0.3 is 12.1 Å². The molecule has 0 aromatic heterocycles. The third-order valence-electron chi connectivity index (χ3n) is 11.4. The number of benzene rings is 2. The summed E-state index contributed by atoms with van der Waals surface area (Å²) in [5.41, 5.74) is 1.63. The number of carbonyl (C=O) groups is 2. The number of anilines is 1. The summed E-state index contributed by atoms with van der Waals surface area (Å²) < 4.78 is 52.9. The Balaban J connectivity index is 1.28. The van der Waals surface area contributed by atoms with Crippen LogP contribution in [0.1, 0.15) is 73.5 Å². The fourth-order valence-electron chi connectivity index (χ4n) is 8.71. The van der Waals surface area contributed by atoms with E-state index >= 15 is 0 Å². The molecule has 1 N–H and O–H groups in total. The molecule has 8 nitrogen and oxygen atoms in total. The largest absolute Gasteiger partial charge is 0.497 e. The van der Waals surface area contributed by atoms with Crippen LogP contribution in [0.5, 0.6) is 5.75 Å². The molecule has 2 aromatic rings. The van der Waals surface area contributed by atoms with Gasteiger partial charge in [0.2, 0.25) is 5.91 Å². The van der Waals surface area contributed by atoms with E-state index < -0.39 is 23.6 Å². The van der Waals surface area contributed by atoms with Crippen LogP contribution in [-0.2, 0) is 20.5 Å². The maximum Gasteiger partial charge on any atom is 0.416 e. The topological polar surface area (TPSA) is 82.6 Å². The van der Waals surface area contributed by atoms with Crippen molar-refractivity contribution >= 4 is 17.6 Å². The van der Waals surface area contributed by atoms with Crippen LogP contribution in [0.15, 0.2) is 42.5 Å². The van der Waals surface area contributed by atoms with Crippen LogP contribution < -0.4 is 9.64 Å². The molecule has 1 aliphatic carbocycles. The first kappa shape index (κ1) is 34.5. The molecule has 4 aliphatic rings. The zero-order valence-corrected chi connectivity index (χ0v) is 28.0. The number of hydrogen-bond donors (Lipinski definition) is 1. The van der Waals surface area contributed by atoms with Crippen molar-refractivity contribution in [1.82, 2.24) is 9.80 Å². The lowest BCUT2D eigenvalue weighted by molar-refractivity contribution is -0.142. The number of methoxy groups -OCH3 is 2. The molecule has 3 aliphatic heterocycles. The zero-order chi connectivity index (χ0) is 34.0. The number of amides is 1.